The largest absolute Gasteiger partial charge is 0.467 e. The van der Waals surface area contributed by atoms with Gasteiger partial charge in [-0.1, -0.05) is 0 Å². The predicted octanol–water partition coefficient (Wildman–Crippen LogP) is 2.30. The highest BCUT2D eigenvalue weighted by atomic mass is 127. The summed E-state index contributed by atoms with van der Waals surface area (Å²) in [6, 6.07) is 3.24. The zero-order valence-corrected chi connectivity index (χ0v) is 16.4. The molecule has 3 aliphatic rings. The molecule has 4 rings (SSSR count). The Balaban J connectivity index is 0.00000182. The summed E-state index contributed by atoms with van der Waals surface area (Å²) in [5.41, 5.74) is 1.50. The highest BCUT2D eigenvalue weighted by molar-refractivity contribution is 14.0. The van der Waals surface area contributed by atoms with E-state index >= 15 is 0 Å². The highest BCUT2D eigenvalue weighted by Crippen LogP contribution is 2.34. The molecule has 0 radical (unpaired) electrons. The normalized spacial score (nSPS) is 27.3. The Bertz CT molecular complexity index is 658. The number of hydrogen-bond donors (Lipinski definition) is 2. The predicted molar refractivity (Wildman–Crippen MR) is 102 cm³/mol. The number of hydrogen-bond acceptors (Lipinski definition) is 4. The molecule has 8 heteroatoms. The van der Waals surface area contributed by atoms with Gasteiger partial charge in [-0.25, -0.2) is 4.39 Å². The van der Waals surface area contributed by atoms with Crippen molar-refractivity contribution < 1.29 is 18.6 Å². The van der Waals surface area contributed by atoms with Crippen molar-refractivity contribution in [3.63, 3.8) is 0 Å². The summed E-state index contributed by atoms with van der Waals surface area (Å²) < 4.78 is 30.4. The third-order valence-electron chi connectivity index (χ3n) is 4.85. The van der Waals surface area contributed by atoms with Crippen LogP contribution in [0.5, 0.6) is 5.75 Å². The Morgan fingerprint density at radius 3 is 2.96 bits per heavy atom. The first kappa shape index (κ1) is 18.7. The van der Waals surface area contributed by atoms with Crippen LogP contribution in [0.4, 0.5) is 4.39 Å². The first-order chi connectivity index (χ1) is 11.7. The molecule has 2 saturated heterocycles. The molecule has 0 spiro atoms. The number of nitrogens with one attached hydrogen (secondary N) is 2. The van der Waals surface area contributed by atoms with Crippen molar-refractivity contribution >= 4 is 29.9 Å². The van der Waals surface area contributed by atoms with Gasteiger partial charge in [0.25, 0.3) is 0 Å². The maximum absolute atomic E-state index is 13.8. The van der Waals surface area contributed by atoms with E-state index in [0.29, 0.717) is 37.0 Å². The molecule has 2 N–H and O–H groups in total. The van der Waals surface area contributed by atoms with Gasteiger partial charge in [-0.2, -0.15) is 0 Å². The van der Waals surface area contributed by atoms with E-state index in [4.69, 9.17) is 14.2 Å². The third kappa shape index (κ3) is 4.01. The van der Waals surface area contributed by atoms with Crippen molar-refractivity contribution in [1.82, 2.24) is 10.6 Å². The van der Waals surface area contributed by atoms with Gasteiger partial charge in [0, 0.05) is 24.7 Å². The van der Waals surface area contributed by atoms with Crippen LogP contribution < -0.4 is 15.4 Å². The number of ether oxygens (including phenoxy) is 3. The van der Waals surface area contributed by atoms with Crippen molar-refractivity contribution in [2.75, 3.05) is 13.8 Å². The molecule has 1 aromatic carbocycles. The smallest absolute Gasteiger partial charge is 0.191 e. The molecule has 0 aromatic heterocycles. The minimum absolute atomic E-state index is 0. The summed E-state index contributed by atoms with van der Waals surface area (Å²) >= 11 is 0. The Morgan fingerprint density at radius 1 is 1.36 bits per heavy atom. The van der Waals surface area contributed by atoms with Gasteiger partial charge in [0.15, 0.2) is 12.8 Å². The Labute approximate surface area is 163 Å². The Morgan fingerprint density at radius 2 is 2.24 bits per heavy atom. The van der Waals surface area contributed by atoms with E-state index in [-0.39, 0.29) is 42.7 Å². The number of fused-ring (bicyclic) bond motifs is 3. The molecule has 3 unspecified atom stereocenters. The van der Waals surface area contributed by atoms with Gasteiger partial charge >= 0.3 is 0 Å². The van der Waals surface area contributed by atoms with E-state index in [1.54, 1.807) is 7.05 Å². The summed E-state index contributed by atoms with van der Waals surface area (Å²) in [5.74, 6) is 1.11. The summed E-state index contributed by atoms with van der Waals surface area (Å²) in [6.07, 6.45) is 3.93. The molecular formula is C17H23FIN3O3. The lowest BCUT2D eigenvalue weighted by molar-refractivity contribution is -0.0173. The number of guanidine groups is 1. The van der Waals surface area contributed by atoms with E-state index in [0.717, 1.165) is 30.4 Å². The van der Waals surface area contributed by atoms with E-state index in [2.05, 4.69) is 15.6 Å². The standard InChI is InChI=1S/C17H22FN3O3.HI/c1-19-17(21-14-6-13-2-3-15(14)24-13)20-7-10-4-12(18)5-11-8-22-9-23-16(10)11;/h4-5,13-15H,2-3,6-9H2,1H3,(H2,19,20,21);1H. The lowest BCUT2D eigenvalue weighted by Crippen LogP contribution is -2.47. The van der Waals surface area contributed by atoms with Gasteiger partial charge in [0.2, 0.25) is 0 Å². The second kappa shape index (κ2) is 8.05. The summed E-state index contributed by atoms with van der Waals surface area (Å²) in [7, 11) is 1.73. The van der Waals surface area contributed by atoms with Crippen LogP contribution in [0.25, 0.3) is 0 Å². The van der Waals surface area contributed by atoms with Crippen LogP contribution in [-0.2, 0) is 22.6 Å². The van der Waals surface area contributed by atoms with Crippen LogP contribution in [0.2, 0.25) is 0 Å². The first-order valence-corrected chi connectivity index (χ1v) is 8.37. The van der Waals surface area contributed by atoms with E-state index in [1.165, 1.54) is 12.1 Å². The number of nitrogens with zero attached hydrogens (tertiary/aromatic N) is 1. The minimum Gasteiger partial charge on any atom is -0.467 e. The molecule has 0 aliphatic carbocycles. The number of aliphatic imine (C=N–C) groups is 1. The lowest BCUT2D eigenvalue weighted by Gasteiger charge is -2.24. The van der Waals surface area contributed by atoms with Gasteiger partial charge in [-0.15, -0.1) is 24.0 Å². The lowest BCUT2D eigenvalue weighted by atomic mass is 9.96. The van der Waals surface area contributed by atoms with Gasteiger partial charge in [-0.3, -0.25) is 4.99 Å². The maximum atomic E-state index is 13.8. The second-order valence-electron chi connectivity index (χ2n) is 6.45. The second-order valence-corrected chi connectivity index (χ2v) is 6.45. The van der Waals surface area contributed by atoms with Crippen molar-refractivity contribution in [1.29, 1.82) is 0 Å². The molecule has 0 amide bonds. The number of rotatable bonds is 3. The van der Waals surface area contributed by atoms with Crippen LogP contribution in [0.3, 0.4) is 0 Å². The fourth-order valence-corrected chi connectivity index (χ4v) is 3.73. The molecule has 2 fully saturated rings. The topological polar surface area (TPSA) is 64.1 Å². The average Bonchev–Trinajstić information content (AvgIpc) is 3.21. The van der Waals surface area contributed by atoms with E-state index in [1.807, 2.05) is 0 Å². The summed E-state index contributed by atoms with van der Waals surface area (Å²) in [6.45, 7) is 0.998. The van der Waals surface area contributed by atoms with Crippen LogP contribution in [0.15, 0.2) is 17.1 Å². The maximum Gasteiger partial charge on any atom is 0.191 e. The molecule has 6 nitrogen and oxygen atoms in total. The molecular weight excluding hydrogens is 440 g/mol. The van der Waals surface area contributed by atoms with Crippen LogP contribution in [0.1, 0.15) is 30.4 Å². The molecule has 3 heterocycles. The van der Waals surface area contributed by atoms with Crippen LogP contribution in [-0.4, -0.2) is 38.0 Å². The van der Waals surface area contributed by atoms with E-state index < -0.39 is 0 Å². The van der Waals surface area contributed by atoms with E-state index in [9.17, 15) is 4.39 Å². The summed E-state index contributed by atoms with van der Waals surface area (Å²) in [5, 5.41) is 6.66. The zero-order chi connectivity index (χ0) is 16.5. The Kier molecular flexibility index (Phi) is 6.00. The fraction of sp³-hybridized carbons (Fsp3) is 0.588. The number of benzene rings is 1. The summed E-state index contributed by atoms with van der Waals surface area (Å²) in [4.78, 5) is 4.26. The molecule has 3 aliphatic heterocycles. The molecule has 3 atom stereocenters. The Hall–Kier alpha value is -1.13. The van der Waals surface area contributed by atoms with Crippen molar-refractivity contribution in [3.05, 3.63) is 29.1 Å². The molecule has 1 aromatic rings. The van der Waals surface area contributed by atoms with Gasteiger partial charge in [0.1, 0.15) is 11.6 Å². The molecule has 25 heavy (non-hydrogen) atoms. The average molecular weight is 463 g/mol. The highest BCUT2D eigenvalue weighted by Gasteiger charge is 2.41. The zero-order valence-electron chi connectivity index (χ0n) is 14.1. The minimum atomic E-state index is -0.288. The van der Waals surface area contributed by atoms with Crippen LogP contribution >= 0.6 is 24.0 Å². The van der Waals surface area contributed by atoms with Crippen LogP contribution in [0, 0.1) is 5.82 Å². The van der Waals surface area contributed by atoms with Gasteiger partial charge < -0.3 is 24.8 Å². The van der Waals surface area contributed by atoms with Gasteiger partial charge in [-0.05, 0) is 31.4 Å². The SMILES string of the molecule is CN=C(NCc1cc(F)cc2c1OCOC2)NC1CC2CCC1O2.I. The number of halogens is 2. The van der Waals surface area contributed by atoms with Crippen molar-refractivity contribution in [2.45, 2.75) is 50.7 Å². The molecule has 2 bridgehead atoms. The first-order valence-electron chi connectivity index (χ1n) is 8.37. The quantitative estimate of drug-likeness (QED) is 0.410. The third-order valence-corrected chi connectivity index (χ3v) is 4.85. The fourth-order valence-electron chi connectivity index (χ4n) is 3.73. The molecule has 0 saturated carbocycles. The molecule has 138 valence electrons. The monoisotopic (exact) mass is 463 g/mol. The van der Waals surface area contributed by atoms with Gasteiger partial charge in [0.05, 0.1) is 24.9 Å². The van der Waals surface area contributed by atoms with Crippen molar-refractivity contribution in [2.24, 2.45) is 4.99 Å². The van der Waals surface area contributed by atoms with Crippen molar-refractivity contribution in [3.8, 4) is 5.75 Å².